The van der Waals surface area contributed by atoms with Gasteiger partial charge in [0.2, 0.25) is 0 Å². The molecule has 16 heavy (non-hydrogen) atoms. The van der Waals surface area contributed by atoms with Gasteiger partial charge in [-0.15, -0.1) is 0 Å². The molecule has 0 amide bonds. The average molecular weight is 311 g/mol. The molecule has 0 aliphatic carbocycles. The fourth-order valence-corrected chi connectivity index (χ4v) is 1.55. The van der Waals surface area contributed by atoms with Crippen LogP contribution in [0, 0.1) is 5.82 Å². The largest absolute Gasteiger partial charge is 0.468 e. The first-order chi connectivity index (χ1) is 7.54. The van der Waals surface area contributed by atoms with E-state index in [0.717, 1.165) is 0 Å². The van der Waals surface area contributed by atoms with Crippen molar-refractivity contribution in [3.8, 4) is 0 Å². The van der Waals surface area contributed by atoms with E-state index in [4.69, 9.17) is 11.6 Å². The van der Waals surface area contributed by atoms with Crippen molar-refractivity contribution in [1.82, 2.24) is 0 Å². The van der Waals surface area contributed by atoms with Gasteiger partial charge < -0.3 is 10.1 Å². The van der Waals surface area contributed by atoms with Gasteiger partial charge in [0.05, 0.1) is 12.8 Å². The number of ether oxygens (including phenoxy) is 1. The summed E-state index contributed by atoms with van der Waals surface area (Å²) in [7, 11) is 1.29. The van der Waals surface area contributed by atoms with Crippen LogP contribution in [0.5, 0.6) is 0 Å². The lowest BCUT2D eigenvalue weighted by Crippen LogP contribution is -2.24. The first kappa shape index (κ1) is 13.3. The van der Waals surface area contributed by atoms with E-state index in [1.54, 1.807) is 6.07 Å². The highest BCUT2D eigenvalue weighted by molar-refractivity contribution is 9.10. The van der Waals surface area contributed by atoms with Crippen molar-refractivity contribution in [2.24, 2.45) is 0 Å². The topological polar surface area (TPSA) is 38.3 Å². The number of anilines is 1. The van der Waals surface area contributed by atoms with Crippen LogP contribution in [0.1, 0.15) is 0 Å². The summed E-state index contributed by atoms with van der Waals surface area (Å²) in [5.41, 5.74) is 0.290. The summed E-state index contributed by atoms with van der Waals surface area (Å²) in [4.78, 5) is 10.5. The first-order valence-corrected chi connectivity index (χ1v) is 5.74. The van der Waals surface area contributed by atoms with E-state index in [0.29, 0.717) is 5.02 Å². The van der Waals surface area contributed by atoms with E-state index in [1.807, 2.05) is 0 Å². The first-order valence-electron chi connectivity index (χ1n) is 4.45. The third kappa shape index (κ3) is 3.64. The summed E-state index contributed by atoms with van der Waals surface area (Å²) in [6.45, 7) is 0.227. The molecule has 0 spiro atoms. The molecule has 0 bridgehead atoms. The molecular formula is C10H10BrClFNO2. The lowest BCUT2D eigenvalue weighted by atomic mass is 10.3. The molecule has 1 aromatic carbocycles. The van der Waals surface area contributed by atoms with Crippen molar-refractivity contribution in [2.75, 3.05) is 19.0 Å². The molecule has 1 rings (SSSR count). The number of benzene rings is 1. The standard InChI is InChI=1S/C10H10BrClFNO2/c1-16-10(15)7(11)5-14-9-3-2-6(12)4-8(9)13/h2-4,7,14H,5H2,1H3. The molecule has 1 N–H and O–H groups in total. The highest BCUT2D eigenvalue weighted by atomic mass is 79.9. The molecule has 0 saturated heterocycles. The molecule has 3 nitrogen and oxygen atoms in total. The molecule has 0 saturated carbocycles. The van der Waals surface area contributed by atoms with Crippen LogP contribution in [-0.4, -0.2) is 24.5 Å². The van der Waals surface area contributed by atoms with E-state index in [-0.39, 0.29) is 12.2 Å². The number of carbonyl (C=O) groups is 1. The molecule has 0 aliphatic heterocycles. The van der Waals surface area contributed by atoms with E-state index < -0.39 is 16.6 Å². The van der Waals surface area contributed by atoms with E-state index in [2.05, 4.69) is 26.0 Å². The van der Waals surface area contributed by atoms with Gasteiger partial charge in [0, 0.05) is 11.6 Å². The highest BCUT2D eigenvalue weighted by Gasteiger charge is 2.15. The molecule has 1 aromatic rings. The molecular weight excluding hydrogens is 300 g/mol. The SMILES string of the molecule is COC(=O)C(Br)CNc1ccc(Cl)cc1F. The minimum absolute atomic E-state index is 0.227. The Hall–Kier alpha value is -0.810. The number of carbonyl (C=O) groups excluding carboxylic acids is 1. The second-order valence-corrected chi connectivity index (χ2v) is 4.54. The predicted molar refractivity (Wildman–Crippen MR) is 64.6 cm³/mol. The number of esters is 1. The van der Waals surface area contributed by atoms with Crippen molar-refractivity contribution in [3.05, 3.63) is 29.0 Å². The maximum atomic E-state index is 13.3. The Morgan fingerprint density at radius 1 is 1.69 bits per heavy atom. The van der Waals surface area contributed by atoms with Crippen LogP contribution in [0.15, 0.2) is 18.2 Å². The summed E-state index contributed by atoms with van der Waals surface area (Å²) < 4.78 is 17.8. The summed E-state index contributed by atoms with van der Waals surface area (Å²) >= 11 is 8.72. The summed E-state index contributed by atoms with van der Waals surface area (Å²) in [6.07, 6.45) is 0. The fraction of sp³-hybridized carbons (Fsp3) is 0.300. The van der Waals surface area contributed by atoms with Crippen LogP contribution in [-0.2, 0) is 9.53 Å². The predicted octanol–water partition coefficient (Wildman–Crippen LogP) is 2.83. The van der Waals surface area contributed by atoms with Crippen molar-refractivity contribution in [2.45, 2.75) is 4.83 Å². The maximum absolute atomic E-state index is 13.3. The van der Waals surface area contributed by atoms with Gasteiger partial charge in [-0.2, -0.15) is 0 Å². The van der Waals surface area contributed by atoms with Gasteiger partial charge in [-0.1, -0.05) is 27.5 Å². The Morgan fingerprint density at radius 3 is 2.94 bits per heavy atom. The van der Waals surface area contributed by atoms with Crippen LogP contribution >= 0.6 is 27.5 Å². The number of alkyl halides is 1. The van der Waals surface area contributed by atoms with Crippen LogP contribution in [0.25, 0.3) is 0 Å². The second-order valence-electron chi connectivity index (χ2n) is 3.00. The quantitative estimate of drug-likeness (QED) is 0.686. The van der Waals surface area contributed by atoms with Crippen molar-refractivity contribution < 1.29 is 13.9 Å². The number of nitrogens with one attached hydrogen (secondary N) is 1. The maximum Gasteiger partial charge on any atom is 0.321 e. The molecule has 88 valence electrons. The van der Waals surface area contributed by atoms with Gasteiger partial charge in [0.1, 0.15) is 10.6 Å². The molecule has 0 radical (unpaired) electrons. The monoisotopic (exact) mass is 309 g/mol. The number of halogens is 3. The van der Waals surface area contributed by atoms with Crippen LogP contribution in [0.3, 0.4) is 0 Å². The third-order valence-electron chi connectivity index (χ3n) is 1.86. The molecule has 6 heteroatoms. The van der Waals surface area contributed by atoms with Gasteiger partial charge in [-0.25, -0.2) is 4.39 Å². The van der Waals surface area contributed by atoms with Crippen LogP contribution in [0.2, 0.25) is 5.02 Å². The van der Waals surface area contributed by atoms with Crippen molar-refractivity contribution >= 4 is 39.2 Å². The van der Waals surface area contributed by atoms with Crippen molar-refractivity contribution in [1.29, 1.82) is 0 Å². The number of methoxy groups -OCH3 is 1. The van der Waals surface area contributed by atoms with E-state index in [9.17, 15) is 9.18 Å². The minimum atomic E-state index is -0.521. The van der Waals surface area contributed by atoms with Crippen molar-refractivity contribution in [3.63, 3.8) is 0 Å². The molecule has 1 atom stereocenters. The minimum Gasteiger partial charge on any atom is -0.468 e. The molecule has 0 heterocycles. The Labute approximate surface area is 106 Å². The Kier molecular flexibility index (Phi) is 5.02. The zero-order valence-electron chi connectivity index (χ0n) is 8.47. The summed E-state index contributed by atoms with van der Waals surface area (Å²) in [6, 6.07) is 4.27. The van der Waals surface area contributed by atoms with Gasteiger partial charge in [-0.05, 0) is 18.2 Å². The zero-order chi connectivity index (χ0) is 12.1. The second kappa shape index (κ2) is 6.06. The van der Waals surface area contributed by atoms with E-state index >= 15 is 0 Å². The normalized spacial score (nSPS) is 12.0. The smallest absolute Gasteiger partial charge is 0.321 e. The summed E-state index contributed by atoms with van der Waals surface area (Å²) in [5.74, 6) is -0.876. The number of rotatable bonds is 4. The number of hydrogen-bond acceptors (Lipinski definition) is 3. The zero-order valence-corrected chi connectivity index (χ0v) is 10.8. The number of hydrogen-bond donors (Lipinski definition) is 1. The highest BCUT2D eigenvalue weighted by Crippen LogP contribution is 2.19. The van der Waals surface area contributed by atoms with Crippen LogP contribution in [0.4, 0.5) is 10.1 Å². The molecule has 0 aliphatic rings. The summed E-state index contributed by atoms with van der Waals surface area (Å²) in [5, 5.41) is 3.10. The van der Waals surface area contributed by atoms with Gasteiger partial charge in [0.25, 0.3) is 0 Å². The Bertz CT molecular complexity index is 389. The molecule has 0 fully saturated rings. The Morgan fingerprint density at radius 2 is 2.38 bits per heavy atom. The fourth-order valence-electron chi connectivity index (χ4n) is 1.04. The van der Waals surface area contributed by atoms with Gasteiger partial charge in [-0.3, -0.25) is 4.79 Å². The molecule has 0 aromatic heterocycles. The van der Waals surface area contributed by atoms with E-state index in [1.165, 1.54) is 19.2 Å². The molecule has 1 unspecified atom stereocenters. The van der Waals surface area contributed by atoms with Gasteiger partial charge >= 0.3 is 5.97 Å². The van der Waals surface area contributed by atoms with Gasteiger partial charge in [0.15, 0.2) is 0 Å². The lowest BCUT2D eigenvalue weighted by molar-refractivity contribution is -0.139. The third-order valence-corrected chi connectivity index (χ3v) is 2.79. The average Bonchev–Trinajstić information content (AvgIpc) is 2.26. The lowest BCUT2D eigenvalue weighted by Gasteiger charge is -2.11. The Balaban J connectivity index is 2.58. The van der Waals surface area contributed by atoms with Crippen LogP contribution < -0.4 is 5.32 Å².